The fourth-order valence-electron chi connectivity index (χ4n) is 1.55. The fourth-order valence-corrected chi connectivity index (χ4v) is 1.55. The average molecular weight is 221 g/mol. The van der Waals surface area contributed by atoms with Gasteiger partial charge in [0.15, 0.2) is 5.78 Å². The second kappa shape index (κ2) is 5.66. The first-order chi connectivity index (χ1) is 7.60. The van der Waals surface area contributed by atoms with E-state index in [1.165, 1.54) is 5.56 Å². The minimum Gasteiger partial charge on any atom is -0.496 e. The van der Waals surface area contributed by atoms with E-state index in [2.05, 4.69) is 19.2 Å². The lowest BCUT2D eigenvalue weighted by molar-refractivity contribution is 0.0990. The number of rotatable bonds is 5. The topological polar surface area (TPSA) is 38.3 Å². The minimum atomic E-state index is 0.0506. The molecule has 0 aliphatic heterocycles. The van der Waals surface area contributed by atoms with Crippen molar-refractivity contribution in [3.63, 3.8) is 0 Å². The molecule has 0 fully saturated rings. The Balaban J connectivity index is 3.06. The Hall–Kier alpha value is -1.35. The summed E-state index contributed by atoms with van der Waals surface area (Å²) in [5.41, 5.74) is 1.82. The second-order valence-corrected chi connectivity index (χ2v) is 4.07. The molecule has 0 bridgehead atoms. The molecular weight excluding hydrogens is 202 g/mol. The van der Waals surface area contributed by atoms with Gasteiger partial charge >= 0.3 is 0 Å². The summed E-state index contributed by atoms with van der Waals surface area (Å²) in [6.45, 7) is 4.56. The number of ether oxygens (including phenoxy) is 1. The number of hydrogen-bond donors (Lipinski definition) is 1. The van der Waals surface area contributed by atoms with Crippen LogP contribution >= 0.6 is 0 Å². The van der Waals surface area contributed by atoms with Crippen LogP contribution in [-0.4, -0.2) is 26.5 Å². The van der Waals surface area contributed by atoms with Crippen LogP contribution in [0.1, 0.15) is 35.7 Å². The summed E-state index contributed by atoms with van der Waals surface area (Å²) in [7, 11) is 3.35. The van der Waals surface area contributed by atoms with E-state index in [1.54, 1.807) is 14.2 Å². The monoisotopic (exact) mass is 221 g/mol. The summed E-state index contributed by atoms with van der Waals surface area (Å²) in [5, 5.41) is 2.85. The number of carbonyl (C=O) groups excluding carboxylic acids is 1. The molecule has 0 aliphatic rings. The van der Waals surface area contributed by atoms with E-state index >= 15 is 0 Å². The van der Waals surface area contributed by atoms with Gasteiger partial charge in [-0.25, -0.2) is 0 Å². The van der Waals surface area contributed by atoms with E-state index in [1.807, 2.05) is 18.2 Å². The first-order valence-corrected chi connectivity index (χ1v) is 5.46. The molecule has 1 aromatic carbocycles. The average Bonchev–Trinajstić information content (AvgIpc) is 2.28. The zero-order valence-electron chi connectivity index (χ0n) is 10.3. The molecular formula is C13H19NO2. The van der Waals surface area contributed by atoms with Gasteiger partial charge in [-0.05, 0) is 30.7 Å². The first-order valence-electron chi connectivity index (χ1n) is 5.46. The SMILES string of the molecule is CNCC(=O)c1ccc(C(C)C)cc1OC. The molecule has 0 heterocycles. The zero-order chi connectivity index (χ0) is 12.1. The molecule has 16 heavy (non-hydrogen) atoms. The number of carbonyl (C=O) groups is 1. The molecule has 0 unspecified atom stereocenters. The number of likely N-dealkylation sites (N-methyl/N-ethyl adjacent to an activating group) is 1. The molecule has 1 aromatic rings. The highest BCUT2D eigenvalue weighted by molar-refractivity contribution is 6.00. The molecule has 1 rings (SSSR count). The molecule has 3 nitrogen and oxygen atoms in total. The van der Waals surface area contributed by atoms with Crippen molar-refractivity contribution >= 4 is 5.78 Å². The minimum absolute atomic E-state index is 0.0506. The van der Waals surface area contributed by atoms with Crippen LogP contribution in [0.15, 0.2) is 18.2 Å². The summed E-state index contributed by atoms with van der Waals surface area (Å²) in [6.07, 6.45) is 0. The molecule has 0 radical (unpaired) electrons. The molecule has 0 atom stereocenters. The van der Waals surface area contributed by atoms with Crippen molar-refractivity contribution in [2.24, 2.45) is 0 Å². The quantitative estimate of drug-likeness (QED) is 0.775. The second-order valence-electron chi connectivity index (χ2n) is 4.07. The Bertz CT molecular complexity index is 372. The van der Waals surface area contributed by atoms with Crippen LogP contribution in [0, 0.1) is 0 Å². The Morgan fingerprint density at radius 2 is 2.12 bits per heavy atom. The molecule has 0 saturated heterocycles. The van der Waals surface area contributed by atoms with Gasteiger partial charge in [0.2, 0.25) is 0 Å². The highest BCUT2D eigenvalue weighted by atomic mass is 16.5. The third kappa shape index (κ3) is 2.83. The van der Waals surface area contributed by atoms with Crippen molar-refractivity contribution in [1.82, 2.24) is 5.32 Å². The normalized spacial score (nSPS) is 10.6. The Morgan fingerprint density at radius 1 is 1.44 bits per heavy atom. The summed E-state index contributed by atoms with van der Waals surface area (Å²) < 4.78 is 5.26. The number of Topliss-reactive ketones (excluding diaryl/α,β-unsaturated/α-hetero) is 1. The number of methoxy groups -OCH3 is 1. The van der Waals surface area contributed by atoms with Crippen LogP contribution in [0.3, 0.4) is 0 Å². The van der Waals surface area contributed by atoms with Gasteiger partial charge in [0, 0.05) is 0 Å². The van der Waals surface area contributed by atoms with E-state index in [0.29, 0.717) is 23.8 Å². The van der Waals surface area contributed by atoms with Gasteiger partial charge in [0.25, 0.3) is 0 Å². The van der Waals surface area contributed by atoms with Gasteiger partial charge in [0.05, 0.1) is 19.2 Å². The molecule has 0 amide bonds. The van der Waals surface area contributed by atoms with Gasteiger partial charge in [-0.2, -0.15) is 0 Å². The molecule has 0 saturated carbocycles. The lowest BCUT2D eigenvalue weighted by Crippen LogP contribution is -2.19. The van der Waals surface area contributed by atoms with E-state index in [0.717, 1.165) is 0 Å². The standard InChI is InChI=1S/C13H19NO2/c1-9(2)10-5-6-11(12(15)8-14-3)13(7-10)16-4/h5-7,9,14H,8H2,1-4H3. The third-order valence-electron chi connectivity index (χ3n) is 2.53. The maximum atomic E-state index is 11.8. The summed E-state index contributed by atoms with van der Waals surface area (Å²) >= 11 is 0. The van der Waals surface area contributed by atoms with Gasteiger partial charge in [0.1, 0.15) is 5.75 Å². The van der Waals surface area contributed by atoms with E-state index in [-0.39, 0.29) is 5.78 Å². The van der Waals surface area contributed by atoms with Gasteiger partial charge < -0.3 is 10.1 Å². The summed E-state index contributed by atoms with van der Waals surface area (Å²) in [4.78, 5) is 11.8. The lowest BCUT2D eigenvalue weighted by atomic mass is 9.99. The first kappa shape index (κ1) is 12.7. The van der Waals surface area contributed by atoms with Crippen LogP contribution in [0.4, 0.5) is 0 Å². The Kier molecular flexibility index (Phi) is 4.50. The van der Waals surface area contributed by atoms with E-state index in [9.17, 15) is 4.79 Å². The van der Waals surface area contributed by atoms with Crippen LogP contribution in [-0.2, 0) is 0 Å². The van der Waals surface area contributed by atoms with Crippen molar-refractivity contribution < 1.29 is 9.53 Å². The van der Waals surface area contributed by atoms with Crippen molar-refractivity contribution in [2.75, 3.05) is 20.7 Å². The van der Waals surface area contributed by atoms with Crippen molar-refractivity contribution in [3.8, 4) is 5.75 Å². The van der Waals surface area contributed by atoms with Crippen LogP contribution in [0.25, 0.3) is 0 Å². The van der Waals surface area contributed by atoms with Gasteiger partial charge in [-0.1, -0.05) is 19.9 Å². The van der Waals surface area contributed by atoms with Gasteiger partial charge in [-0.15, -0.1) is 0 Å². The van der Waals surface area contributed by atoms with E-state index < -0.39 is 0 Å². The van der Waals surface area contributed by atoms with Crippen molar-refractivity contribution in [3.05, 3.63) is 29.3 Å². The number of ketones is 1. The highest BCUT2D eigenvalue weighted by Gasteiger charge is 2.12. The molecule has 0 spiro atoms. The summed E-state index contributed by atoms with van der Waals surface area (Å²) in [6, 6.07) is 5.76. The molecule has 3 heteroatoms. The zero-order valence-corrected chi connectivity index (χ0v) is 10.3. The number of benzene rings is 1. The van der Waals surface area contributed by atoms with Crippen molar-refractivity contribution in [2.45, 2.75) is 19.8 Å². The molecule has 0 aliphatic carbocycles. The maximum absolute atomic E-state index is 11.8. The largest absolute Gasteiger partial charge is 0.496 e. The van der Waals surface area contributed by atoms with Gasteiger partial charge in [-0.3, -0.25) is 4.79 Å². The van der Waals surface area contributed by atoms with Crippen LogP contribution in [0.2, 0.25) is 0 Å². The van der Waals surface area contributed by atoms with Crippen LogP contribution < -0.4 is 10.1 Å². The Labute approximate surface area is 96.8 Å². The predicted molar refractivity (Wildman–Crippen MR) is 65.3 cm³/mol. The highest BCUT2D eigenvalue weighted by Crippen LogP contribution is 2.24. The summed E-state index contributed by atoms with van der Waals surface area (Å²) in [5.74, 6) is 1.14. The molecule has 1 N–H and O–H groups in total. The smallest absolute Gasteiger partial charge is 0.180 e. The predicted octanol–water partition coefficient (Wildman–Crippen LogP) is 2.22. The molecule has 0 aromatic heterocycles. The fraction of sp³-hybridized carbons (Fsp3) is 0.462. The van der Waals surface area contributed by atoms with Crippen LogP contribution in [0.5, 0.6) is 5.75 Å². The number of hydrogen-bond acceptors (Lipinski definition) is 3. The number of nitrogens with one attached hydrogen (secondary N) is 1. The van der Waals surface area contributed by atoms with E-state index in [4.69, 9.17) is 4.74 Å². The third-order valence-corrected chi connectivity index (χ3v) is 2.53. The maximum Gasteiger partial charge on any atom is 0.180 e. The lowest BCUT2D eigenvalue weighted by Gasteiger charge is -2.11. The molecule has 88 valence electrons. The van der Waals surface area contributed by atoms with Crippen molar-refractivity contribution in [1.29, 1.82) is 0 Å². The Morgan fingerprint density at radius 3 is 2.62 bits per heavy atom.